The second-order valence-electron chi connectivity index (χ2n) is 5.82. The van der Waals surface area contributed by atoms with Crippen molar-refractivity contribution in [2.24, 2.45) is 0 Å². The second-order valence-corrected chi connectivity index (χ2v) is 6.73. The molecule has 0 unspecified atom stereocenters. The van der Waals surface area contributed by atoms with Gasteiger partial charge in [0.15, 0.2) is 17.5 Å². The fraction of sp³-hybridized carbons (Fsp3) is 0.0952. The Labute approximate surface area is 155 Å². The van der Waals surface area contributed by atoms with Gasteiger partial charge in [-0.15, -0.1) is 0 Å². The number of hydrogen-bond donors (Lipinski definition) is 0. The van der Waals surface area contributed by atoms with Gasteiger partial charge in [-0.3, -0.25) is 0 Å². The molecule has 0 radical (unpaired) electrons. The van der Waals surface area contributed by atoms with Gasteiger partial charge in [0.05, 0.1) is 0 Å². The Hall–Kier alpha value is -2.59. The van der Waals surface area contributed by atoms with Crippen molar-refractivity contribution < 1.29 is 0 Å². The molecule has 0 aliphatic heterocycles. The predicted molar refractivity (Wildman–Crippen MR) is 105 cm³/mol. The molecule has 2 aromatic carbocycles. The van der Waals surface area contributed by atoms with Gasteiger partial charge in [-0.05, 0) is 25.0 Å². The summed E-state index contributed by atoms with van der Waals surface area (Å²) >= 11 is 3.47. The fourth-order valence-electron chi connectivity index (χ4n) is 2.73. The first-order chi connectivity index (χ1) is 12.3. The molecular formula is C21H16BrN3. The third-order valence-corrected chi connectivity index (χ3v) is 4.55. The Kier molecular flexibility index (Phi) is 4.53. The number of benzene rings is 2. The molecule has 25 heavy (non-hydrogen) atoms. The van der Waals surface area contributed by atoms with Crippen molar-refractivity contribution in [2.75, 3.05) is 0 Å². The first kappa shape index (κ1) is 15.9. The van der Waals surface area contributed by atoms with Crippen LogP contribution in [0.2, 0.25) is 0 Å². The predicted octanol–water partition coefficient (Wildman–Crippen LogP) is 5.70. The number of halogens is 1. The van der Waals surface area contributed by atoms with Gasteiger partial charge in [-0.2, -0.15) is 0 Å². The summed E-state index contributed by atoms with van der Waals surface area (Å²) in [7, 11) is 0. The molecule has 1 aliphatic rings. The molecule has 1 aromatic heterocycles. The number of nitrogens with zero attached hydrogens (tertiary/aromatic N) is 3. The molecule has 0 saturated carbocycles. The highest BCUT2D eigenvalue weighted by molar-refractivity contribution is 9.10. The maximum Gasteiger partial charge on any atom is 0.164 e. The van der Waals surface area contributed by atoms with Gasteiger partial charge in [0, 0.05) is 21.2 Å². The molecule has 1 aliphatic carbocycles. The van der Waals surface area contributed by atoms with Gasteiger partial charge in [0.2, 0.25) is 0 Å². The minimum absolute atomic E-state index is 0.691. The molecule has 0 amide bonds. The molecule has 3 aromatic rings. The summed E-state index contributed by atoms with van der Waals surface area (Å²) in [6.45, 7) is 0. The summed E-state index contributed by atoms with van der Waals surface area (Å²) in [5.41, 5.74) is 3.03. The lowest BCUT2D eigenvalue weighted by atomic mass is 10.1. The van der Waals surface area contributed by atoms with Crippen LogP contribution in [0.5, 0.6) is 0 Å². The highest BCUT2D eigenvalue weighted by Gasteiger charge is 2.13. The lowest BCUT2D eigenvalue weighted by Crippen LogP contribution is -2.03. The largest absolute Gasteiger partial charge is 0.208 e. The topological polar surface area (TPSA) is 38.7 Å². The van der Waals surface area contributed by atoms with E-state index >= 15 is 0 Å². The Balaban J connectivity index is 1.87. The standard InChI is InChI=1S/C21H16BrN3/c22-18-13-11-17(12-14-18)21-24-19(15-7-3-1-4-8-15)23-20(25-21)16-9-5-2-6-10-16/h1,3-5,7-14H,2,6H2. The smallest absolute Gasteiger partial charge is 0.164 e. The molecule has 0 N–H and O–H groups in total. The first-order valence-electron chi connectivity index (χ1n) is 8.24. The van der Waals surface area contributed by atoms with E-state index in [9.17, 15) is 0 Å². The summed E-state index contributed by atoms with van der Waals surface area (Å²) in [5.74, 6) is 2.11. The van der Waals surface area contributed by atoms with Crippen LogP contribution in [0, 0.1) is 0 Å². The van der Waals surface area contributed by atoms with Crippen LogP contribution < -0.4 is 0 Å². The van der Waals surface area contributed by atoms with Crippen molar-refractivity contribution in [1.29, 1.82) is 0 Å². The molecule has 0 bridgehead atoms. The molecule has 122 valence electrons. The van der Waals surface area contributed by atoms with E-state index in [1.54, 1.807) is 0 Å². The maximum absolute atomic E-state index is 4.73. The number of hydrogen-bond acceptors (Lipinski definition) is 3. The third kappa shape index (κ3) is 3.59. The van der Waals surface area contributed by atoms with Crippen molar-refractivity contribution in [2.45, 2.75) is 12.8 Å². The number of aromatic nitrogens is 3. The van der Waals surface area contributed by atoms with E-state index in [0.29, 0.717) is 11.6 Å². The van der Waals surface area contributed by atoms with Gasteiger partial charge < -0.3 is 0 Å². The zero-order chi connectivity index (χ0) is 17.1. The minimum atomic E-state index is 0.691. The number of rotatable bonds is 3. The van der Waals surface area contributed by atoms with E-state index in [4.69, 9.17) is 15.0 Å². The zero-order valence-electron chi connectivity index (χ0n) is 13.6. The average Bonchev–Trinajstić information content (AvgIpc) is 2.69. The van der Waals surface area contributed by atoms with Gasteiger partial charge in [0.25, 0.3) is 0 Å². The molecule has 0 atom stereocenters. The lowest BCUT2D eigenvalue weighted by molar-refractivity contribution is 1.01. The number of allylic oxidation sites excluding steroid dienone is 4. The highest BCUT2D eigenvalue weighted by atomic mass is 79.9. The summed E-state index contributed by atoms with van der Waals surface area (Å²) in [5, 5.41) is 0. The molecular weight excluding hydrogens is 374 g/mol. The normalized spacial score (nSPS) is 13.6. The molecule has 0 saturated heterocycles. The van der Waals surface area contributed by atoms with Crippen LogP contribution in [-0.2, 0) is 0 Å². The SMILES string of the molecule is Brc1ccc(-c2nc(C3=CCCC=C3)nc(-c3ccccc3)n2)cc1. The summed E-state index contributed by atoms with van der Waals surface area (Å²) in [6.07, 6.45) is 8.54. The van der Waals surface area contributed by atoms with Crippen LogP contribution in [0.15, 0.2) is 77.3 Å². The zero-order valence-corrected chi connectivity index (χ0v) is 15.1. The Morgan fingerprint density at radius 2 is 1.32 bits per heavy atom. The van der Waals surface area contributed by atoms with Gasteiger partial charge in [0.1, 0.15) is 0 Å². The molecule has 4 rings (SSSR count). The molecule has 0 spiro atoms. The minimum Gasteiger partial charge on any atom is -0.208 e. The Morgan fingerprint density at radius 1 is 0.680 bits per heavy atom. The molecule has 1 heterocycles. The van der Waals surface area contributed by atoms with E-state index in [0.717, 1.165) is 39.8 Å². The van der Waals surface area contributed by atoms with Gasteiger partial charge in [-0.25, -0.2) is 15.0 Å². The first-order valence-corrected chi connectivity index (χ1v) is 9.03. The quantitative estimate of drug-likeness (QED) is 0.576. The third-order valence-electron chi connectivity index (χ3n) is 4.02. The summed E-state index contributed by atoms with van der Waals surface area (Å²) in [4.78, 5) is 14.2. The van der Waals surface area contributed by atoms with Gasteiger partial charge in [-0.1, -0.05) is 76.6 Å². The van der Waals surface area contributed by atoms with Crippen LogP contribution in [0.1, 0.15) is 18.7 Å². The maximum atomic E-state index is 4.73. The molecule has 0 fully saturated rings. The summed E-state index contributed by atoms with van der Waals surface area (Å²) < 4.78 is 1.03. The monoisotopic (exact) mass is 389 g/mol. The Morgan fingerprint density at radius 3 is 1.96 bits per heavy atom. The molecule has 4 heteroatoms. The van der Waals surface area contributed by atoms with E-state index in [1.807, 2.05) is 54.6 Å². The fourth-order valence-corrected chi connectivity index (χ4v) is 2.99. The summed E-state index contributed by atoms with van der Waals surface area (Å²) in [6, 6.07) is 18.1. The van der Waals surface area contributed by atoms with Crippen molar-refractivity contribution >= 4 is 21.5 Å². The Bertz CT molecular complexity index is 945. The van der Waals surface area contributed by atoms with Gasteiger partial charge >= 0.3 is 0 Å². The van der Waals surface area contributed by atoms with Crippen LogP contribution >= 0.6 is 15.9 Å². The second kappa shape index (κ2) is 7.11. The van der Waals surface area contributed by atoms with E-state index in [2.05, 4.69) is 34.2 Å². The van der Waals surface area contributed by atoms with Crippen molar-refractivity contribution in [1.82, 2.24) is 15.0 Å². The molecule has 3 nitrogen and oxygen atoms in total. The lowest BCUT2D eigenvalue weighted by Gasteiger charge is -2.10. The van der Waals surface area contributed by atoms with Crippen molar-refractivity contribution in [3.8, 4) is 22.8 Å². The van der Waals surface area contributed by atoms with E-state index < -0.39 is 0 Å². The van der Waals surface area contributed by atoms with Crippen LogP contribution in [-0.4, -0.2) is 15.0 Å². The van der Waals surface area contributed by atoms with Crippen LogP contribution in [0.4, 0.5) is 0 Å². The van der Waals surface area contributed by atoms with Crippen LogP contribution in [0.25, 0.3) is 28.3 Å². The van der Waals surface area contributed by atoms with E-state index in [-0.39, 0.29) is 0 Å². The van der Waals surface area contributed by atoms with Crippen molar-refractivity contribution in [3.05, 3.63) is 83.1 Å². The highest BCUT2D eigenvalue weighted by Crippen LogP contribution is 2.25. The van der Waals surface area contributed by atoms with Crippen molar-refractivity contribution in [3.63, 3.8) is 0 Å². The van der Waals surface area contributed by atoms with Crippen LogP contribution in [0.3, 0.4) is 0 Å². The average molecular weight is 390 g/mol. The van der Waals surface area contributed by atoms with E-state index in [1.165, 1.54) is 0 Å².